The molecule has 70 heavy (non-hydrogen) atoms. The van der Waals surface area contributed by atoms with Crippen molar-refractivity contribution in [3.8, 4) is 0 Å². The first-order valence-electron chi connectivity index (χ1n) is 27.3. The third kappa shape index (κ3) is 39.8. The number of hydrogen-bond acceptors (Lipinski definition) is 11. The SMILES string of the molecule is CC/C=C\C/C=C\C/C=C\C/C=C\C/C=C\CCCCCCCCOCC(COC1OC(CO)C(O)C(OS(=O)(=O)O)C1O)OC(=O)CCCCCCCCCCC/C=C\C/C=C\CCCCCCC. The summed E-state index contributed by atoms with van der Waals surface area (Å²) in [6, 6.07) is 0. The Morgan fingerprint density at radius 3 is 1.44 bits per heavy atom. The summed E-state index contributed by atoms with van der Waals surface area (Å²) in [6.07, 6.45) is 54.6. The molecule has 0 aromatic rings. The van der Waals surface area contributed by atoms with E-state index in [2.05, 4.69) is 103 Å². The summed E-state index contributed by atoms with van der Waals surface area (Å²) >= 11 is 0. The molecule has 0 radical (unpaired) electrons. The van der Waals surface area contributed by atoms with Gasteiger partial charge in [0.1, 0.15) is 30.5 Å². The first-order valence-corrected chi connectivity index (χ1v) is 28.7. The quantitative estimate of drug-likeness (QED) is 0.0197. The summed E-state index contributed by atoms with van der Waals surface area (Å²) < 4.78 is 59.3. The zero-order chi connectivity index (χ0) is 51.0. The monoisotopic (exact) mass is 1010 g/mol. The number of carbonyl (C=O) groups is 1. The molecular formula is C57H98O12S. The van der Waals surface area contributed by atoms with Crippen LogP contribution in [0.15, 0.2) is 85.1 Å². The minimum absolute atomic E-state index is 0.0196. The molecule has 12 nitrogen and oxygen atoms in total. The molecule has 0 bridgehead atoms. The lowest BCUT2D eigenvalue weighted by molar-refractivity contribution is -0.301. The van der Waals surface area contributed by atoms with Crippen LogP contribution in [-0.4, -0.2) is 97.5 Å². The van der Waals surface area contributed by atoms with Gasteiger partial charge in [0.15, 0.2) is 6.29 Å². The molecule has 1 rings (SSSR count). The number of esters is 1. The minimum atomic E-state index is -5.07. The van der Waals surface area contributed by atoms with Gasteiger partial charge < -0.3 is 34.3 Å². The molecule has 0 amide bonds. The highest BCUT2D eigenvalue weighted by Crippen LogP contribution is 2.26. The van der Waals surface area contributed by atoms with Crippen molar-refractivity contribution in [2.45, 2.75) is 243 Å². The molecule has 0 saturated carbocycles. The second-order valence-corrected chi connectivity index (χ2v) is 19.5. The molecule has 1 saturated heterocycles. The third-order valence-electron chi connectivity index (χ3n) is 12.0. The van der Waals surface area contributed by atoms with Crippen molar-refractivity contribution in [2.75, 3.05) is 26.4 Å². The van der Waals surface area contributed by atoms with Crippen LogP contribution in [0, 0.1) is 0 Å². The van der Waals surface area contributed by atoms with Crippen LogP contribution in [0.1, 0.15) is 206 Å². The Hall–Kier alpha value is -2.72. The van der Waals surface area contributed by atoms with E-state index in [0.717, 1.165) is 103 Å². The summed E-state index contributed by atoms with van der Waals surface area (Å²) in [5.41, 5.74) is 0. The van der Waals surface area contributed by atoms with Crippen molar-refractivity contribution in [3.05, 3.63) is 85.1 Å². The van der Waals surface area contributed by atoms with Gasteiger partial charge >= 0.3 is 16.4 Å². The van der Waals surface area contributed by atoms with Gasteiger partial charge in [0, 0.05) is 13.0 Å². The molecule has 6 unspecified atom stereocenters. The topological polar surface area (TPSA) is 178 Å². The summed E-state index contributed by atoms with van der Waals surface area (Å²) in [4.78, 5) is 12.9. The summed E-state index contributed by atoms with van der Waals surface area (Å²) in [5, 5.41) is 30.8. The lowest BCUT2D eigenvalue weighted by Gasteiger charge is -2.41. The number of allylic oxidation sites excluding steroid dienone is 14. The zero-order valence-corrected chi connectivity index (χ0v) is 44.4. The van der Waals surface area contributed by atoms with Gasteiger partial charge in [0.05, 0.1) is 19.8 Å². The van der Waals surface area contributed by atoms with E-state index in [-0.39, 0.29) is 19.6 Å². The lowest BCUT2D eigenvalue weighted by Crippen LogP contribution is -2.60. The molecule has 0 aromatic carbocycles. The fourth-order valence-corrected chi connectivity index (χ4v) is 8.41. The van der Waals surface area contributed by atoms with Gasteiger partial charge in [0.25, 0.3) is 0 Å². The van der Waals surface area contributed by atoms with Crippen LogP contribution >= 0.6 is 0 Å². The normalized spacial score (nSPS) is 19.8. The fraction of sp³-hybridized carbons (Fsp3) is 0.737. The molecule has 1 heterocycles. The van der Waals surface area contributed by atoms with Crippen molar-refractivity contribution in [2.24, 2.45) is 0 Å². The average molecular weight is 1010 g/mol. The van der Waals surface area contributed by atoms with Gasteiger partial charge in [-0.25, -0.2) is 4.18 Å². The van der Waals surface area contributed by atoms with E-state index >= 15 is 0 Å². The second kappa shape index (κ2) is 47.3. The van der Waals surface area contributed by atoms with Gasteiger partial charge in [-0.3, -0.25) is 9.35 Å². The van der Waals surface area contributed by atoms with Crippen LogP contribution in [-0.2, 0) is 38.3 Å². The van der Waals surface area contributed by atoms with Crippen molar-refractivity contribution in [1.82, 2.24) is 0 Å². The highest BCUT2D eigenvalue weighted by Gasteiger charge is 2.48. The molecule has 1 aliphatic rings. The zero-order valence-electron chi connectivity index (χ0n) is 43.6. The van der Waals surface area contributed by atoms with Crippen LogP contribution in [0.2, 0.25) is 0 Å². The molecule has 0 aliphatic carbocycles. The molecule has 1 fully saturated rings. The Morgan fingerprint density at radius 1 is 0.557 bits per heavy atom. The molecular weight excluding hydrogens is 909 g/mol. The van der Waals surface area contributed by atoms with Crippen molar-refractivity contribution in [3.63, 3.8) is 0 Å². The van der Waals surface area contributed by atoms with E-state index in [4.69, 9.17) is 18.9 Å². The average Bonchev–Trinajstić information content (AvgIpc) is 3.34. The van der Waals surface area contributed by atoms with Crippen LogP contribution < -0.4 is 0 Å². The Balaban J connectivity index is 2.36. The highest BCUT2D eigenvalue weighted by atomic mass is 32.3. The van der Waals surface area contributed by atoms with Crippen LogP contribution in [0.5, 0.6) is 0 Å². The van der Waals surface area contributed by atoms with Crippen molar-refractivity contribution < 1.29 is 56.2 Å². The molecule has 404 valence electrons. The van der Waals surface area contributed by atoms with Gasteiger partial charge in [-0.1, -0.05) is 195 Å². The minimum Gasteiger partial charge on any atom is -0.457 e. The van der Waals surface area contributed by atoms with Crippen LogP contribution in [0.25, 0.3) is 0 Å². The predicted molar refractivity (Wildman–Crippen MR) is 285 cm³/mol. The van der Waals surface area contributed by atoms with E-state index < -0.39 is 59.8 Å². The van der Waals surface area contributed by atoms with E-state index in [9.17, 15) is 33.1 Å². The lowest BCUT2D eigenvalue weighted by atomic mass is 9.99. The van der Waals surface area contributed by atoms with Crippen LogP contribution in [0.4, 0.5) is 0 Å². The predicted octanol–water partition coefficient (Wildman–Crippen LogP) is 13.2. The van der Waals surface area contributed by atoms with E-state index in [0.29, 0.717) is 13.0 Å². The number of carbonyl (C=O) groups excluding carboxylic acids is 1. The van der Waals surface area contributed by atoms with E-state index in [1.807, 2.05) is 0 Å². The maximum atomic E-state index is 12.9. The van der Waals surface area contributed by atoms with Gasteiger partial charge in [-0.15, -0.1) is 0 Å². The number of aliphatic hydroxyl groups excluding tert-OH is 3. The van der Waals surface area contributed by atoms with Gasteiger partial charge in [-0.2, -0.15) is 8.42 Å². The smallest absolute Gasteiger partial charge is 0.397 e. The third-order valence-corrected chi connectivity index (χ3v) is 12.5. The maximum absolute atomic E-state index is 12.9. The Kier molecular flexibility index (Phi) is 44.1. The van der Waals surface area contributed by atoms with Gasteiger partial charge in [-0.05, 0) is 89.9 Å². The Labute approximate surface area is 425 Å². The first kappa shape index (κ1) is 65.3. The summed E-state index contributed by atoms with van der Waals surface area (Å²) in [5.74, 6) is -0.411. The molecule has 4 N–H and O–H groups in total. The second-order valence-electron chi connectivity index (χ2n) is 18.4. The fourth-order valence-electron chi connectivity index (χ4n) is 7.91. The number of aliphatic hydroxyl groups is 3. The van der Waals surface area contributed by atoms with Crippen LogP contribution in [0.3, 0.4) is 0 Å². The van der Waals surface area contributed by atoms with Gasteiger partial charge in [0.2, 0.25) is 0 Å². The standard InChI is InChI=1S/C57H98O12S/c1-3-5-7-9-11-13-15-17-19-21-23-25-27-29-31-33-35-37-39-41-43-45-47-65-49-51(50-66-57-55(61)56(69-70(62,63)64)54(60)52(48-58)68-57)67-53(59)46-44-42-40-38-36-34-32-30-28-26-24-22-20-18-16-14-12-10-8-6-4-2/h5,7,11,13,16-19,22-25,29,31,51-52,54-58,60-61H,3-4,6,8-10,12,14-15,20-21,26-28,30,32-50H2,1-2H3,(H,62,63,64)/b7-5-,13-11-,18-16-,19-17-,24-22-,25-23-,31-29-. The first-order chi connectivity index (χ1) is 34.1. The molecule has 6 atom stereocenters. The highest BCUT2D eigenvalue weighted by molar-refractivity contribution is 7.80. The van der Waals surface area contributed by atoms with E-state index in [1.54, 1.807) is 0 Å². The molecule has 1 aliphatic heterocycles. The van der Waals surface area contributed by atoms with Crippen molar-refractivity contribution >= 4 is 16.4 Å². The summed E-state index contributed by atoms with van der Waals surface area (Å²) in [7, 11) is -5.07. The number of ether oxygens (including phenoxy) is 4. The molecule has 13 heteroatoms. The Morgan fingerprint density at radius 2 is 0.986 bits per heavy atom. The summed E-state index contributed by atoms with van der Waals surface area (Å²) in [6.45, 7) is 3.83. The number of hydrogen-bond donors (Lipinski definition) is 4. The number of rotatable bonds is 47. The molecule has 0 spiro atoms. The Bertz CT molecular complexity index is 1540. The van der Waals surface area contributed by atoms with Crippen molar-refractivity contribution in [1.29, 1.82) is 0 Å². The largest absolute Gasteiger partial charge is 0.457 e. The maximum Gasteiger partial charge on any atom is 0.397 e. The number of unbranched alkanes of at least 4 members (excludes halogenated alkanes) is 20. The molecule has 0 aromatic heterocycles. The van der Waals surface area contributed by atoms with E-state index in [1.165, 1.54) is 77.0 Å².